The first-order valence-corrected chi connectivity index (χ1v) is 19.6. The van der Waals surface area contributed by atoms with Crippen LogP contribution in [0.5, 0.6) is 5.75 Å². The molecule has 0 saturated heterocycles. The third kappa shape index (κ3) is 19.7. The van der Waals surface area contributed by atoms with Crippen LogP contribution in [0.1, 0.15) is 52.0 Å². The minimum Gasteiger partial charge on any atom is -0.508 e. The first kappa shape index (κ1) is 54.4. The number of carboxylic acid groups (broad SMARTS) is 2. The van der Waals surface area contributed by atoms with Crippen molar-refractivity contribution in [3.05, 3.63) is 29.8 Å². The van der Waals surface area contributed by atoms with Crippen molar-refractivity contribution < 1.29 is 73.8 Å². The van der Waals surface area contributed by atoms with Crippen molar-refractivity contribution in [2.75, 3.05) is 26.3 Å². The second-order valence-electron chi connectivity index (χ2n) is 14.3. The number of hydrogen-bond donors (Lipinski definition) is 16. The van der Waals surface area contributed by atoms with Crippen molar-refractivity contribution in [2.45, 2.75) is 101 Å². The number of aliphatic hydroxyl groups is 3. The number of nitrogens with two attached hydrogens (primary N) is 3. The highest BCUT2D eigenvalue weighted by atomic mass is 16.4. The van der Waals surface area contributed by atoms with Gasteiger partial charge in [-0.2, -0.15) is 0 Å². The fourth-order valence-corrected chi connectivity index (χ4v) is 5.40. The highest BCUT2D eigenvalue weighted by Gasteiger charge is 2.34. The largest absolute Gasteiger partial charge is 0.508 e. The third-order valence-corrected chi connectivity index (χ3v) is 9.28. The van der Waals surface area contributed by atoms with Gasteiger partial charge < -0.3 is 85.1 Å². The molecule has 0 aliphatic heterocycles. The molecule has 0 aliphatic carbocycles. The normalized spacial score (nSPS) is 15.2. The number of aromatic hydroxyl groups is 1. The van der Waals surface area contributed by atoms with Crippen LogP contribution >= 0.6 is 0 Å². The molecular weight excluding hydrogens is 838 g/mol. The number of aliphatic carboxylic acids is 2. The molecule has 63 heavy (non-hydrogen) atoms. The monoisotopic (exact) mass is 897 g/mol. The predicted octanol–water partition coefficient (Wildman–Crippen LogP) is -6.69. The summed E-state index contributed by atoms with van der Waals surface area (Å²) in [7, 11) is 0. The second-order valence-corrected chi connectivity index (χ2v) is 14.3. The number of carboxylic acids is 2. The summed E-state index contributed by atoms with van der Waals surface area (Å²) in [6, 6.07) is -5.83. The van der Waals surface area contributed by atoms with Gasteiger partial charge in [0.1, 0.15) is 36.0 Å². The third-order valence-electron chi connectivity index (χ3n) is 9.28. The van der Waals surface area contributed by atoms with Gasteiger partial charge in [-0.25, -0.2) is 4.79 Å². The fraction of sp³-hybridized carbons (Fsp3) is 0.568. The maximum atomic E-state index is 13.7. The quantitative estimate of drug-likeness (QED) is 0.0211. The van der Waals surface area contributed by atoms with E-state index in [0.717, 1.165) is 6.92 Å². The van der Waals surface area contributed by atoms with Crippen LogP contribution in [0.2, 0.25) is 0 Å². The molecule has 26 heteroatoms. The topological polar surface area (TPSA) is 450 Å². The Morgan fingerprint density at radius 3 is 1.71 bits per heavy atom. The molecule has 1 aromatic carbocycles. The predicted molar refractivity (Wildman–Crippen MR) is 219 cm³/mol. The summed E-state index contributed by atoms with van der Waals surface area (Å²) >= 11 is 0. The number of carbonyl (C=O) groups excluding carboxylic acids is 7. The van der Waals surface area contributed by atoms with Gasteiger partial charge in [-0.1, -0.05) is 32.4 Å². The summed E-state index contributed by atoms with van der Waals surface area (Å²) < 4.78 is 0. The van der Waals surface area contributed by atoms with Crippen molar-refractivity contribution in [3.8, 4) is 5.75 Å². The van der Waals surface area contributed by atoms with Crippen molar-refractivity contribution >= 4 is 59.2 Å². The van der Waals surface area contributed by atoms with E-state index in [1.54, 1.807) is 13.8 Å². The van der Waals surface area contributed by atoms with E-state index in [9.17, 15) is 73.8 Å². The van der Waals surface area contributed by atoms with Gasteiger partial charge in [-0.3, -0.25) is 43.3 Å². The molecule has 0 heterocycles. The lowest BCUT2D eigenvalue weighted by molar-refractivity contribution is -0.145. The van der Waals surface area contributed by atoms with Crippen LogP contribution in [-0.4, -0.2) is 165 Å². The van der Waals surface area contributed by atoms with E-state index in [0.29, 0.717) is 12.0 Å². The lowest BCUT2D eigenvalue weighted by Gasteiger charge is -2.26. The Hall–Kier alpha value is -6.64. The molecule has 9 atom stereocenters. The van der Waals surface area contributed by atoms with Crippen LogP contribution in [0.3, 0.4) is 0 Å². The molecule has 352 valence electrons. The van der Waals surface area contributed by atoms with E-state index >= 15 is 0 Å². The van der Waals surface area contributed by atoms with Gasteiger partial charge in [0.15, 0.2) is 12.0 Å². The zero-order chi connectivity index (χ0) is 48.0. The van der Waals surface area contributed by atoms with E-state index in [4.69, 9.17) is 17.2 Å². The van der Waals surface area contributed by atoms with Gasteiger partial charge in [0.25, 0.3) is 0 Å². The van der Waals surface area contributed by atoms with Crippen LogP contribution < -0.4 is 54.4 Å². The number of hydrogen-bond acceptors (Lipinski definition) is 15. The summed E-state index contributed by atoms with van der Waals surface area (Å²) in [5, 5.41) is 73.3. The number of amides is 7. The van der Waals surface area contributed by atoms with Crippen LogP contribution in [0.15, 0.2) is 29.3 Å². The molecule has 0 radical (unpaired) electrons. The number of guanidine groups is 1. The lowest BCUT2D eigenvalue weighted by atomic mass is 9.99. The number of aliphatic imine (C=N–C) groups is 1. The maximum absolute atomic E-state index is 13.7. The minimum atomic E-state index is -1.89. The highest BCUT2D eigenvalue weighted by Crippen LogP contribution is 2.12. The summed E-state index contributed by atoms with van der Waals surface area (Å²) in [5.74, 6) is -11.4. The molecule has 19 N–H and O–H groups in total. The molecule has 0 spiro atoms. The number of carbonyl (C=O) groups is 9. The zero-order valence-electron chi connectivity index (χ0n) is 34.9. The van der Waals surface area contributed by atoms with Crippen LogP contribution in [0, 0.1) is 5.92 Å². The van der Waals surface area contributed by atoms with Crippen LogP contribution in [0.4, 0.5) is 0 Å². The Labute approximate surface area is 361 Å². The van der Waals surface area contributed by atoms with Gasteiger partial charge >= 0.3 is 11.9 Å². The summed E-state index contributed by atoms with van der Waals surface area (Å²) in [5.41, 5.74) is 17.0. The van der Waals surface area contributed by atoms with Crippen LogP contribution in [-0.2, 0) is 49.6 Å². The number of phenolic OH excluding ortho intramolecular Hbond substituents is 1. The minimum absolute atomic E-state index is 0.0379. The molecule has 0 aliphatic rings. The highest BCUT2D eigenvalue weighted by molar-refractivity contribution is 5.98. The van der Waals surface area contributed by atoms with Gasteiger partial charge in [-0.05, 0) is 43.4 Å². The fourth-order valence-electron chi connectivity index (χ4n) is 5.40. The van der Waals surface area contributed by atoms with Crippen molar-refractivity contribution in [1.29, 1.82) is 0 Å². The Balaban J connectivity index is 3.25. The van der Waals surface area contributed by atoms with E-state index in [-0.39, 0.29) is 43.4 Å². The number of aliphatic hydroxyl groups excluding tert-OH is 3. The number of phenols is 1. The molecular formula is C37H59N11O15. The Kier molecular flexibility index (Phi) is 23.6. The summed E-state index contributed by atoms with van der Waals surface area (Å²) in [4.78, 5) is 119. The standard InChI is InChI=1S/C37H59N11O15/c1-4-17(2)28(38)35(61)47-24(15-49)33(59)44-22(12-19-7-9-20(52)10-8-19)32(58)45-23(13-27(54)55)30(56)42-14-26(53)43-21(6-5-11-41-37(39)40)31(57)46-25(16-50)34(60)48-29(18(3)51)36(62)63/h7-10,17-18,21-25,28-29,49-52H,4-6,11-16,38H2,1-3H3,(H,42,56)(H,43,53)(H,44,59)(H,45,58)(H,46,57)(H,47,61)(H,48,60)(H,54,55)(H,62,63)(H4,39,40,41)/t17-,18+,21-,22-,23-,24-,25-,28-,29-/m0/s1. The Morgan fingerprint density at radius 1 is 0.698 bits per heavy atom. The maximum Gasteiger partial charge on any atom is 0.328 e. The molecule has 0 aromatic heterocycles. The lowest BCUT2D eigenvalue weighted by Crippen LogP contribution is -2.60. The first-order chi connectivity index (χ1) is 29.5. The van der Waals surface area contributed by atoms with Crippen molar-refractivity contribution in [1.82, 2.24) is 37.2 Å². The van der Waals surface area contributed by atoms with E-state index in [2.05, 4.69) is 36.9 Å². The number of rotatable bonds is 28. The molecule has 0 fully saturated rings. The van der Waals surface area contributed by atoms with E-state index < -0.39 is 128 Å². The average molecular weight is 898 g/mol. The Morgan fingerprint density at radius 2 is 1.21 bits per heavy atom. The molecule has 26 nitrogen and oxygen atoms in total. The van der Waals surface area contributed by atoms with Crippen molar-refractivity contribution in [2.24, 2.45) is 28.1 Å². The summed E-state index contributed by atoms with van der Waals surface area (Å²) in [6.45, 7) is 1.63. The average Bonchev–Trinajstić information content (AvgIpc) is 3.22. The van der Waals surface area contributed by atoms with E-state index in [1.165, 1.54) is 24.3 Å². The van der Waals surface area contributed by atoms with Gasteiger partial charge in [-0.15, -0.1) is 0 Å². The second kappa shape index (κ2) is 27.3. The Bertz CT molecular complexity index is 1780. The smallest absolute Gasteiger partial charge is 0.328 e. The zero-order valence-corrected chi connectivity index (χ0v) is 34.9. The molecule has 1 rings (SSSR count). The number of benzene rings is 1. The molecule has 1 aromatic rings. The number of nitrogens with zero attached hydrogens (tertiary/aromatic N) is 1. The first-order valence-electron chi connectivity index (χ1n) is 19.6. The number of nitrogens with one attached hydrogen (secondary N) is 7. The molecule has 0 saturated carbocycles. The SMILES string of the molecule is CC[C@H](C)[C@H](N)C(=O)N[C@@H](CO)C(=O)N[C@@H](Cc1ccc(O)cc1)C(=O)N[C@@H](CC(=O)O)C(=O)NCC(=O)N[C@@H](CCCN=C(N)N)C(=O)N[C@@H](CO)C(=O)N[C@H](C(=O)O)[C@@H](C)O. The van der Waals surface area contributed by atoms with Crippen LogP contribution in [0.25, 0.3) is 0 Å². The molecule has 7 amide bonds. The van der Waals surface area contributed by atoms with Gasteiger partial charge in [0.2, 0.25) is 41.4 Å². The van der Waals surface area contributed by atoms with Gasteiger partial charge in [0.05, 0.1) is 38.3 Å². The van der Waals surface area contributed by atoms with Gasteiger partial charge in [0, 0.05) is 13.0 Å². The van der Waals surface area contributed by atoms with Crippen molar-refractivity contribution in [3.63, 3.8) is 0 Å². The molecule has 0 bridgehead atoms. The summed E-state index contributed by atoms with van der Waals surface area (Å²) in [6.07, 6.45) is -2.56. The van der Waals surface area contributed by atoms with E-state index in [1.807, 2.05) is 5.32 Å². The molecule has 0 unspecified atom stereocenters.